The highest BCUT2D eigenvalue weighted by Gasteiger charge is 2.19. The van der Waals surface area contributed by atoms with Gasteiger partial charge in [-0.1, -0.05) is 127 Å². The number of rotatable bonds is 4. The molecule has 0 saturated carbocycles. The molecule has 1 aliphatic rings. The normalized spacial score (nSPS) is 15.0. The van der Waals surface area contributed by atoms with E-state index in [1.165, 1.54) is 66.0 Å². The van der Waals surface area contributed by atoms with E-state index in [0.29, 0.717) is 0 Å². The lowest BCUT2D eigenvalue weighted by Gasteiger charge is -2.18. The molecule has 1 N–H and O–H groups in total. The first-order valence-corrected chi connectivity index (χ1v) is 15.3. The van der Waals surface area contributed by atoms with E-state index in [0.717, 1.165) is 23.1 Å². The van der Waals surface area contributed by atoms with Crippen LogP contribution in [-0.2, 0) is 0 Å². The number of allylic oxidation sites excluding steroid dienone is 4. The van der Waals surface area contributed by atoms with Gasteiger partial charge in [0.25, 0.3) is 0 Å². The van der Waals surface area contributed by atoms with Crippen LogP contribution in [0.3, 0.4) is 0 Å². The first kappa shape index (κ1) is 24.9. The van der Waals surface area contributed by atoms with Gasteiger partial charge in [0.2, 0.25) is 0 Å². The fourth-order valence-electron chi connectivity index (χ4n) is 6.99. The van der Waals surface area contributed by atoms with E-state index >= 15 is 0 Å². The zero-order valence-electron chi connectivity index (χ0n) is 24.1. The summed E-state index contributed by atoms with van der Waals surface area (Å²) in [7, 11) is 0. The zero-order chi connectivity index (χ0) is 29.0. The van der Waals surface area contributed by atoms with Gasteiger partial charge < -0.3 is 9.40 Å². The monoisotopic (exact) mass is 563 g/mol. The summed E-state index contributed by atoms with van der Waals surface area (Å²) in [5.41, 5.74) is 12.9. The molecule has 2 heterocycles. The molecular formula is C42H29NO. The fourth-order valence-corrected chi connectivity index (χ4v) is 6.99. The van der Waals surface area contributed by atoms with E-state index in [-0.39, 0.29) is 5.92 Å². The quantitative estimate of drug-likeness (QED) is 0.227. The summed E-state index contributed by atoms with van der Waals surface area (Å²) in [6.45, 7) is 0. The summed E-state index contributed by atoms with van der Waals surface area (Å²) >= 11 is 0. The Morgan fingerprint density at radius 3 is 2.30 bits per heavy atom. The molecule has 9 rings (SSSR count). The van der Waals surface area contributed by atoms with E-state index in [4.69, 9.17) is 4.42 Å². The van der Waals surface area contributed by atoms with Crippen molar-refractivity contribution in [2.24, 2.45) is 0 Å². The predicted octanol–water partition coefficient (Wildman–Crippen LogP) is 11.7. The molecule has 0 aliphatic heterocycles. The number of H-pyrrole nitrogens is 1. The third kappa shape index (κ3) is 4.03. The van der Waals surface area contributed by atoms with Crippen molar-refractivity contribution in [1.82, 2.24) is 4.98 Å². The molecule has 2 nitrogen and oxygen atoms in total. The largest absolute Gasteiger partial charge is 0.456 e. The van der Waals surface area contributed by atoms with Gasteiger partial charge >= 0.3 is 0 Å². The standard InChI is InChI=1S/C42H29NO/c1-2-10-27(11-3-1)30-22-23-39-38(26-30)36-19-8-17-33(41(36)43-39)31-14-6-12-28(24-31)29-13-7-15-32(25-29)34-18-9-20-37-35-16-4-5-21-40(35)44-42(34)37/h1-14,16-26,32,43H,15H2. The second-order valence-corrected chi connectivity index (χ2v) is 11.7. The van der Waals surface area contributed by atoms with Crippen molar-refractivity contribution in [3.05, 3.63) is 163 Å². The number of fused-ring (bicyclic) bond motifs is 6. The maximum absolute atomic E-state index is 6.40. The third-order valence-electron chi connectivity index (χ3n) is 9.15. The van der Waals surface area contributed by atoms with Gasteiger partial charge in [-0.3, -0.25) is 0 Å². The lowest BCUT2D eigenvalue weighted by molar-refractivity contribution is 0.657. The molecule has 0 bridgehead atoms. The second-order valence-electron chi connectivity index (χ2n) is 11.7. The molecule has 44 heavy (non-hydrogen) atoms. The summed E-state index contributed by atoms with van der Waals surface area (Å²) in [5.74, 6) is 0.249. The minimum atomic E-state index is 0.249. The van der Waals surface area contributed by atoms with Gasteiger partial charge in [-0.2, -0.15) is 0 Å². The Hall–Kier alpha value is -5.60. The SMILES string of the molecule is C1=CC(c2cccc(-c3cccc4c3[nH]c3ccc(-c5ccccc5)cc34)c2)=CC(c2cccc3c2oc2ccccc23)C1. The Balaban J connectivity index is 1.11. The summed E-state index contributed by atoms with van der Waals surface area (Å²) in [6, 6.07) is 47.8. The van der Waals surface area contributed by atoms with Crippen LogP contribution in [0, 0.1) is 0 Å². The first-order chi connectivity index (χ1) is 21.8. The molecule has 0 saturated heterocycles. The first-order valence-electron chi connectivity index (χ1n) is 15.3. The number of aromatic amines is 1. The molecule has 1 atom stereocenters. The van der Waals surface area contributed by atoms with Crippen molar-refractivity contribution in [1.29, 1.82) is 0 Å². The van der Waals surface area contributed by atoms with Crippen LogP contribution in [0.4, 0.5) is 0 Å². The Morgan fingerprint density at radius 1 is 0.568 bits per heavy atom. The van der Waals surface area contributed by atoms with Crippen molar-refractivity contribution in [2.45, 2.75) is 12.3 Å². The highest BCUT2D eigenvalue weighted by molar-refractivity contribution is 6.13. The lowest BCUT2D eigenvalue weighted by atomic mass is 9.86. The fraction of sp³-hybridized carbons (Fsp3) is 0.0476. The molecular weight excluding hydrogens is 534 g/mol. The average Bonchev–Trinajstić information content (AvgIpc) is 3.67. The Bertz CT molecular complexity index is 2420. The molecule has 0 spiro atoms. The Labute approximate surface area is 255 Å². The molecule has 2 heteroatoms. The van der Waals surface area contributed by atoms with Gasteiger partial charge in [-0.25, -0.2) is 0 Å². The summed E-state index contributed by atoms with van der Waals surface area (Å²) in [4.78, 5) is 3.74. The smallest absolute Gasteiger partial charge is 0.139 e. The lowest BCUT2D eigenvalue weighted by Crippen LogP contribution is -2.00. The molecule has 0 radical (unpaired) electrons. The molecule has 1 unspecified atom stereocenters. The van der Waals surface area contributed by atoms with Crippen molar-refractivity contribution >= 4 is 49.3 Å². The van der Waals surface area contributed by atoms with Gasteiger partial charge in [0.05, 0.1) is 5.52 Å². The van der Waals surface area contributed by atoms with Crippen molar-refractivity contribution < 1.29 is 4.42 Å². The van der Waals surface area contributed by atoms with Gasteiger partial charge in [0.1, 0.15) is 11.2 Å². The van der Waals surface area contributed by atoms with Crippen LogP contribution in [0.5, 0.6) is 0 Å². The number of hydrogen-bond acceptors (Lipinski definition) is 1. The van der Waals surface area contributed by atoms with Gasteiger partial charge in [0.15, 0.2) is 0 Å². The van der Waals surface area contributed by atoms with Gasteiger partial charge in [-0.05, 0) is 58.5 Å². The van der Waals surface area contributed by atoms with Crippen LogP contribution < -0.4 is 0 Å². The van der Waals surface area contributed by atoms with E-state index in [2.05, 4.69) is 151 Å². The Morgan fingerprint density at radius 2 is 1.34 bits per heavy atom. The number of furan rings is 1. The maximum Gasteiger partial charge on any atom is 0.139 e. The average molecular weight is 564 g/mol. The van der Waals surface area contributed by atoms with Gasteiger partial charge in [-0.15, -0.1) is 0 Å². The third-order valence-corrected chi connectivity index (χ3v) is 9.15. The van der Waals surface area contributed by atoms with Crippen LogP contribution in [-0.4, -0.2) is 4.98 Å². The number of benzene rings is 6. The van der Waals surface area contributed by atoms with Crippen LogP contribution in [0.1, 0.15) is 23.5 Å². The highest BCUT2D eigenvalue weighted by Crippen LogP contribution is 2.40. The second kappa shape index (κ2) is 10.00. The van der Waals surface area contributed by atoms with Crippen molar-refractivity contribution in [3.8, 4) is 22.3 Å². The minimum Gasteiger partial charge on any atom is -0.456 e. The van der Waals surface area contributed by atoms with E-state index in [9.17, 15) is 0 Å². The maximum atomic E-state index is 6.40. The van der Waals surface area contributed by atoms with E-state index in [1.54, 1.807) is 0 Å². The molecule has 2 aromatic heterocycles. The summed E-state index contributed by atoms with van der Waals surface area (Å²) in [5, 5.41) is 4.86. The van der Waals surface area contributed by atoms with Crippen LogP contribution in [0.25, 0.3) is 71.6 Å². The summed E-state index contributed by atoms with van der Waals surface area (Å²) < 4.78 is 6.40. The minimum absolute atomic E-state index is 0.249. The topological polar surface area (TPSA) is 28.9 Å². The Kier molecular flexibility index (Phi) is 5.67. The zero-order valence-corrected chi connectivity index (χ0v) is 24.1. The molecule has 208 valence electrons. The van der Waals surface area contributed by atoms with E-state index < -0.39 is 0 Å². The van der Waals surface area contributed by atoms with E-state index in [1.807, 2.05) is 6.07 Å². The number of hydrogen-bond donors (Lipinski definition) is 1. The molecule has 1 aliphatic carbocycles. The summed E-state index contributed by atoms with van der Waals surface area (Å²) in [6.07, 6.45) is 7.94. The highest BCUT2D eigenvalue weighted by atomic mass is 16.3. The van der Waals surface area contributed by atoms with Crippen LogP contribution in [0.15, 0.2) is 156 Å². The number of para-hydroxylation sites is 3. The number of aromatic nitrogens is 1. The van der Waals surface area contributed by atoms with Crippen LogP contribution >= 0.6 is 0 Å². The molecule has 8 aromatic rings. The predicted molar refractivity (Wildman–Crippen MR) is 185 cm³/mol. The van der Waals surface area contributed by atoms with Gasteiger partial charge in [0, 0.05) is 44.1 Å². The molecule has 0 fully saturated rings. The molecule has 6 aromatic carbocycles. The van der Waals surface area contributed by atoms with Crippen molar-refractivity contribution in [3.63, 3.8) is 0 Å². The number of nitrogens with one attached hydrogen (secondary N) is 1. The molecule has 0 amide bonds. The van der Waals surface area contributed by atoms with Crippen molar-refractivity contribution in [2.75, 3.05) is 0 Å². The van der Waals surface area contributed by atoms with Crippen LogP contribution in [0.2, 0.25) is 0 Å².